The third-order valence-electron chi connectivity index (χ3n) is 3.62. The number of hydrogen-bond donors (Lipinski definition) is 1. The van der Waals surface area contributed by atoms with E-state index >= 15 is 0 Å². The van der Waals surface area contributed by atoms with Crippen molar-refractivity contribution in [3.63, 3.8) is 0 Å². The Kier molecular flexibility index (Phi) is 7.04. The van der Waals surface area contributed by atoms with Gasteiger partial charge in [0.15, 0.2) is 0 Å². The Labute approximate surface area is 166 Å². The minimum atomic E-state index is -3.72. The summed E-state index contributed by atoms with van der Waals surface area (Å²) in [6.07, 6.45) is 0. The van der Waals surface area contributed by atoms with Crippen molar-refractivity contribution in [3.8, 4) is 0 Å². The van der Waals surface area contributed by atoms with Crippen molar-refractivity contribution in [3.05, 3.63) is 57.0 Å². The predicted molar refractivity (Wildman–Crippen MR) is 109 cm³/mol. The Balaban J connectivity index is 2.44. The summed E-state index contributed by atoms with van der Waals surface area (Å²) in [4.78, 5) is 2.15. The number of likely N-dealkylation sites (N-methyl/N-ethyl adjacent to an activating group) is 1. The molecule has 0 amide bonds. The van der Waals surface area contributed by atoms with E-state index in [1.807, 2.05) is 49.3 Å². The molecule has 0 unspecified atom stereocenters. The summed E-state index contributed by atoms with van der Waals surface area (Å²) in [6.45, 7) is 1.31. The summed E-state index contributed by atoms with van der Waals surface area (Å²) in [5.41, 5.74) is 7.22. The molecule has 5 nitrogen and oxygen atoms in total. The van der Waals surface area contributed by atoms with Crippen molar-refractivity contribution in [2.24, 2.45) is 0 Å². The van der Waals surface area contributed by atoms with Gasteiger partial charge in [-0.2, -0.15) is 4.31 Å². The van der Waals surface area contributed by atoms with E-state index in [0.717, 1.165) is 5.56 Å². The van der Waals surface area contributed by atoms with Gasteiger partial charge in [-0.15, -0.1) is 0 Å². The van der Waals surface area contributed by atoms with Crippen molar-refractivity contribution in [1.29, 1.82) is 0 Å². The van der Waals surface area contributed by atoms with Gasteiger partial charge in [0.2, 0.25) is 10.0 Å². The molecule has 136 valence electrons. The molecule has 2 N–H and O–H groups in total. The van der Waals surface area contributed by atoms with Crippen molar-refractivity contribution in [1.82, 2.24) is 9.21 Å². The molecule has 2 rings (SSSR count). The number of benzene rings is 2. The number of nitrogen functional groups attached to an aromatic ring is 1. The minimum Gasteiger partial charge on any atom is -0.399 e. The molecule has 0 aliphatic rings. The van der Waals surface area contributed by atoms with Crippen molar-refractivity contribution < 1.29 is 8.42 Å². The summed E-state index contributed by atoms with van der Waals surface area (Å²) in [5.74, 6) is 0. The topological polar surface area (TPSA) is 66.6 Å². The van der Waals surface area contributed by atoms with Crippen LogP contribution in [0.25, 0.3) is 0 Å². The van der Waals surface area contributed by atoms with Gasteiger partial charge < -0.3 is 10.6 Å². The maximum atomic E-state index is 13.3. The van der Waals surface area contributed by atoms with E-state index in [1.165, 1.54) is 4.31 Å². The number of anilines is 1. The summed E-state index contributed by atoms with van der Waals surface area (Å²) >= 11 is 6.68. The molecule has 2 aromatic rings. The zero-order valence-corrected chi connectivity index (χ0v) is 18.1. The van der Waals surface area contributed by atoms with Gasteiger partial charge in [-0.3, -0.25) is 0 Å². The maximum Gasteiger partial charge on any atom is 0.245 e. The summed E-state index contributed by atoms with van der Waals surface area (Å²) in [7, 11) is 0.122. The van der Waals surface area contributed by atoms with Crippen LogP contribution in [0.2, 0.25) is 0 Å². The fraction of sp³-hybridized carbons (Fsp3) is 0.294. The van der Waals surface area contributed by atoms with Gasteiger partial charge in [-0.05, 0) is 63.7 Å². The molecule has 0 saturated heterocycles. The minimum absolute atomic E-state index is 0.191. The number of rotatable bonds is 7. The van der Waals surface area contributed by atoms with Crippen LogP contribution in [0.3, 0.4) is 0 Å². The second kappa shape index (κ2) is 8.64. The lowest BCUT2D eigenvalue weighted by molar-refractivity contribution is 0.329. The van der Waals surface area contributed by atoms with E-state index in [2.05, 4.69) is 31.9 Å². The van der Waals surface area contributed by atoms with Gasteiger partial charge in [0, 0.05) is 34.3 Å². The van der Waals surface area contributed by atoms with E-state index in [0.29, 0.717) is 34.3 Å². The lowest BCUT2D eigenvalue weighted by Crippen LogP contribution is -2.36. The fourth-order valence-corrected chi connectivity index (χ4v) is 6.30. The standard InChI is InChI=1S/C17H21Br2N3O2S/c1-21(2)8-9-22(12-13-6-4-3-5-7-13)25(23,24)17-15(18)10-14(20)11-16(17)19/h3-7,10-11H,8-9,12,20H2,1-2H3. The normalized spacial score (nSPS) is 12.1. The lowest BCUT2D eigenvalue weighted by Gasteiger charge is -2.25. The van der Waals surface area contributed by atoms with Gasteiger partial charge in [-0.25, -0.2) is 8.42 Å². The zero-order valence-electron chi connectivity index (χ0n) is 14.1. The van der Waals surface area contributed by atoms with Crippen LogP contribution in [0.1, 0.15) is 5.56 Å². The molecule has 0 heterocycles. The Bertz CT molecular complexity index is 804. The Morgan fingerprint density at radius 3 is 2.08 bits per heavy atom. The van der Waals surface area contributed by atoms with E-state index in [9.17, 15) is 8.42 Å². The molecule has 8 heteroatoms. The Morgan fingerprint density at radius 1 is 1.00 bits per heavy atom. The molecular weight excluding hydrogens is 470 g/mol. The second-order valence-electron chi connectivity index (χ2n) is 5.94. The monoisotopic (exact) mass is 489 g/mol. The van der Waals surface area contributed by atoms with E-state index in [1.54, 1.807) is 12.1 Å². The third-order valence-corrected chi connectivity index (χ3v) is 7.34. The Morgan fingerprint density at radius 2 is 1.56 bits per heavy atom. The maximum absolute atomic E-state index is 13.3. The van der Waals surface area contributed by atoms with Crippen LogP contribution < -0.4 is 5.73 Å². The molecule has 0 saturated carbocycles. The van der Waals surface area contributed by atoms with Crippen molar-refractivity contribution in [2.75, 3.05) is 32.9 Å². The lowest BCUT2D eigenvalue weighted by atomic mass is 10.2. The summed E-state index contributed by atoms with van der Waals surface area (Å²) in [6, 6.07) is 12.8. The largest absolute Gasteiger partial charge is 0.399 e. The first kappa shape index (κ1) is 20.4. The molecular formula is C17H21Br2N3O2S. The van der Waals surface area contributed by atoms with Crippen LogP contribution in [-0.2, 0) is 16.6 Å². The van der Waals surface area contributed by atoms with Crippen LogP contribution in [-0.4, -0.2) is 44.8 Å². The number of halogens is 2. The molecule has 0 bridgehead atoms. The van der Waals surface area contributed by atoms with Crippen LogP contribution in [0, 0.1) is 0 Å². The molecule has 0 atom stereocenters. The molecule has 0 radical (unpaired) electrons. The smallest absolute Gasteiger partial charge is 0.245 e. The van der Waals surface area contributed by atoms with Gasteiger partial charge in [0.05, 0.1) is 0 Å². The highest BCUT2D eigenvalue weighted by atomic mass is 79.9. The van der Waals surface area contributed by atoms with Crippen LogP contribution >= 0.6 is 31.9 Å². The number of nitrogens with two attached hydrogens (primary N) is 1. The predicted octanol–water partition coefficient (Wildman–Crippen LogP) is 3.55. The molecule has 0 spiro atoms. The van der Waals surface area contributed by atoms with E-state index < -0.39 is 10.0 Å². The first-order valence-electron chi connectivity index (χ1n) is 7.65. The highest BCUT2D eigenvalue weighted by Gasteiger charge is 2.29. The van der Waals surface area contributed by atoms with Crippen LogP contribution in [0.15, 0.2) is 56.3 Å². The first-order valence-corrected chi connectivity index (χ1v) is 10.7. The number of sulfonamides is 1. The van der Waals surface area contributed by atoms with Gasteiger partial charge in [0.25, 0.3) is 0 Å². The quantitative estimate of drug-likeness (QED) is 0.602. The number of nitrogens with zero attached hydrogens (tertiary/aromatic N) is 2. The first-order chi connectivity index (χ1) is 11.7. The van der Waals surface area contributed by atoms with Crippen LogP contribution in [0.4, 0.5) is 5.69 Å². The van der Waals surface area contributed by atoms with Crippen LogP contribution in [0.5, 0.6) is 0 Å². The van der Waals surface area contributed by atoms with Gasteiger partial charge in [-0.1, -0.05) is 30.3 Å². The molecule has 0 aliphatic heterocycles. The van der Waals surface area contributed by atoms with Gasteiger partial charge >= 0.3 is 0 Å². The molecule has 0 aromatic heterocycles. The molecule has 0 fully saturated rings. The highest BCUT2D eigenvalue weighted by Crippen LogP contribution is 2.34. The van der Waals surface area contributed by atoms with Crippen molar-refractivity contribution in [2.45, 2.75) is 11.4 Å². The highest BCUT2D eigenvalue weighted by molar-refractivity contribution is 9.11. The summed E-state index contributed by atoms with van der Waals surface area (Å²) < 4.78 is 29.0. The molecule has 0 aliphatic carbocycles. The fourth-order valence-electron chi connectivity index (χ4n) is 2.34. The SMILES string of the molecule is CN(C)CCN(Cc1ccccc1)S(=O)(=O)c1c(Br)cc(N)cc1Br. The Hall–Kier alpha value is -0.930. The average Bonchev–Trinajstić information content (AvgIpc) is 2.50. The average molecular weight is 491 g/mol. The van der Waals surface area contributed by atoms with E-state index in [-0.39, 0.29) is 4.90 Å². The van der Waals surface area contributed by atoms with Gasteiger partial charge in [0.1, 0.15) is 4.90 Å². The zero-order chi connectivity index (χ0) is 18.6. The van der Waals surface area contributed by atoms with Crippen molar-refractivity contribution >= 4 is 47.6 Å². The molecule has 2 aromatic carbocycles. The third kappa shape index (κ3) is 5.27. The summed E-state index contributed by atoms with van der Waals surface area (Å²) in [5, 5.41) is 0. The second-order valence-corrected chi connectivity index (χ2v) is 9.52. The number of hydrogen-bond acceptors (Lipinski definition) is 4. The molecule has 25 heavy (non-hydrogen) atoms. The van der Waals surface area contributed by atoms with E-state index in [4.69, 9.17) is 5.73 Å².